The highest BCUT2D eigenvalue weighted by molar-refractivity contribution is 5.87. The number of amides is 1. The van der Waals surface area contributed by atoms with Gasteiger partial charge in [0.15, 0.2) is 0 Å². The maximum absolute atomic E-state index is 12.2. The molecule has 0 N–H and O–H groups in total. The summed E-state index contributed by atoms with van der Waals surface area (Å²) in [7, 11) is 0. The van der Waals surface area contributed by atoms with Crippen LogP contribution in [0.25, 0.3) is 0 Å². The van der Waals surface area contributed by atoms with Crippen LogP contribution in [-0.4, -0.2) is 45.3 Å². The van der Waals surface area contributed by atoms with Gasteiger partial charge in [-0.1, -0.05) is 13.8 Å². The molecule has 1 aromatic heterocycles. The predicted molar refractivity (Wildman–Crippen MR) is 90.9 cm³/mol. The Morgan fingerprint density at radius 3 is 2.50 bits per heavy atom. The summed E-state index contributed by atoms with van der Waals surface area (Å²) in [6, 6.07) is -0.0711. The Labute approximate surface area is 143 Å². The molecule has 0 bridgehead atoms. The highest BCUT2D eigenvalue weighted by Crippen LogP contribution is 2.24. The molecule has 1 aliphatic heterocycles. The molecule has 1 unspecified atom stereocenters. The molecule has 7 heteroatoms. The Morgan fingerprint density at radius 2 is 1.96 bits per heavy atom. The van der Waals surface area contributed by atoms with Crippen molar-refractivity contribution in [2.75, 3.05) is 13.2 Å². The van der Waals surface area contributed by atoms with E-state index < -0.39 is 5.60 Å². The first kappa shape index (κ1) is 20.0. The summed E-state index contributed by atoms with van der Waals surface area (Å²) in [4.78, 5) is 30.0. The monoisotopic (exact) mass is 339 g/mol. The van der Waals surface area contributed by atoms with Crippen molar-refractivity contribution in [2.45, 2.75) is 66.7 Å². The van der Waals surface area contributed by atoms with Gasteiger partial charge in [0, 0.05) is 6.54 Å². The van der Waals surface area contributed by atoms with Crippen LogP contribution < -0.4 is 0 Å². The van der Waals surface area contributed by atoms with E-state index in [9.17, 15) is 9.59 Å². The van der Waals surface area contributed by atoms with E-state index >= 15 is 0 Å². The van der Waals surface area contributed by atoms with Gasteiger partial charge in [-0.05, 0) is 34.6 Å². The number of esters is 1. The van der Waals surface area contributed by atoms with Crippen molar-refractivity contribution < 1.29 is 19.1 Å². The third-order valence-electron chi connectivity index (χ3n) is 3.27. The van der Waals surface area contributed by atoms with Crippen LogP contribution in [0.3, 0.4) is 0 Å². The number of fused-ring (bicyclic) bond motifs is 1. The SMILES string of the molecule is CC.CCOC(=O)c1cnc2n1C(C)CN(C(=O)OC(C)(C)C)C2. The van der Waals surface area contributed by atoms with Crippen LogP contribution in [0.4, 0.5) is 4.79 Å². The van der Waals surface area contributed by atoms with Crippen LogP contribution in [0.2, 0.25) is 0 Å². The summed E-state index contributed by atoms with van der Waals surface area (Å²) in [6.45, 7) is 14.3. The van der Waals surface area contributed by atoms with Crippen LogP contribution in [0.15, 0.2) is 6.20 Å². The summed E-state index contributed by atoms with van der Waals surface area (Å²) in [5.41, 5.74) is -0.114. The fourth-order valence-corrected chi connectivity index (χ4v) is 2.47. The molecule has 0 radical (unpaired) electrons. The molecule has 0 aromatic carbocycles. The van der Waals surface area contributed by atoms with Gasteiger partial charge in [-0.2, -0.15) is 0 Å². The minimum atomic E-state index is -0.538. The molecule has 0 saturated carbocycles. The van der Waals surface area contributed by atoms with E-state index in [1.54, 1.807) is 11.8 Å². The molecule has 0 fully saturated rings. The second-order valence-corrected chi connectivity index (χ2v) is 6.36. The number of imidazole rings is 1. The number of carbonyl (C=O) groups excluding carboxylic acids is 2. The zero-order valence-electron chi connectivity index (χ0n) is 15.8. The Hall–Kier alpha value is -2.05. The van der Waals surface area contributed by atoms with Crippen LogP contribution >= 0.6 is 0 Å². The van der Waals surface area contributed by atoms with Gasteiger partial charge in [0.2, 0.25) is 0 Å². The van der Waals surface area contributed by atoms with Crippen LogP contribution in [-0.2, 0) is 16.0 Å². The van der Waals surface area contributed by atoms with E-state index in [4.69, 9.17) is 9.47 Å². The lowest BCUT2D eigenvalue weighted by Crippen LogP contribution is -2.43. The largest absolute Gasteiger partial charge is 0.461 e. The molecule has 7 nitrogen and oxygen atoms in total. The van der Waals surface area contributed by atoms with Gasteiger partial charge >= 0.3 is 12.1 Å². The summed E-state index contributed by atoms with van der Waals surface area (Å²) >= 11 is 0. The third kappa shape index (κ3) is 4.72. The van der Waals surface area contributed by atoms with E-state index in [0.29, 0.717) is 31.2 Å². The average Bonchev–Trinajstić information content (AvgIpc) is 2.92. The molecular formula is C17H29N3O4. The van der Waals surface area contributed by atoms with Gasteiger partial charge in [0.1, 0.15) is 17.1 Å². The number of hydrogen-bond donors (Lipinski definition) is 0. The molecule has 0 spiro atoms. The van der Waals surface area contributed by atoms with Crippen molar-refractivity contribution in [3.63, 3.8) is 0 Å². The lowest BCUT2D eigenvalue weighted by molar-refractivity contribution is 0.0167. The minimum Gasteiger partial charge on any atom is -0.461 e. The number of rotatable bonds is 2. The third-order valence-corrected chi connectivity index (χ3v) is 3.27. The van der Waals surface area contributed by atoms with E-state index in [1.807, 2.05) is 46.1 Å². The normalized spacial score (nSPS) is 16.6. The fraction of sp³-hybridized carbons (Fsp3) is 0.706. The lowest BCUT2D eigenvalue weighted by Gasteiger charge is -2.34. The smallest absolute Gasteiger partial charge is 0.410 e. The second-order valence-electron chi connectivity index (χ2n) is 6.36. The summed E-state index contributed by atoms with van der Waals surface area (Å²) in [6.07, 6.45) is 1.13. The van der Waals surface area contributed by atoms with Gasteiger partial charge in [-0.3, -0.25) is 4.90 Å². The maximum atomic E-state index is 12.2. The van der Waals surface area contributed by atoms with E-state index in [1.165, 1.54) is 6.20 Å². The Kier molecular flexibility index (Phi) is 6.81. The molecule has 0 aliphatic carbocycles. The summed E-state index contributed by atoms with van der Waals surface area (Å²) in [5, 5.41) is 0. The highest BCUT2D eigenvalue weighted by Gasteiger charge is 2.32. The van der Waals surface area contributed by atoms with Crippen LogP contribution in [0, 0.1) is 0 Å². The minimum absolute atomic E-state index is 0.0711. The molecule has 24 heavy (non-hydrogen) atoms. The first-order chi connectivity index (χ1) is 11.2. The first-order valence-electron chi connectivity index (χ1n) is 8.44. The molecule has 2 rings (SSSR count). The number of hydrogen-bond acceptors (Lipinski definition) is 5. The van der Waals surface area contributed by atoms with Crippen molar-refractivity contribution in [3.05, 3.63) is 17.7 Å². The molecule has 1 aliphatic rings. The molecule has 1 aromatic rings. The molecule has 1 atom stereocenters. The lowest BCUT2D eigenvalue weighted by atomic mass is 10.2. The number of ether oxygens (including phenoxy) is 2. The van der Waals surface area contributed by atoms with Crippen molar-refractivity contribution in [1.82, 2.24) is 14.5 Å². The highest BCUT2D eigenvalue weighted by atomic mass is 16.6. The quantitative estimate of drug-likeness (QED) is 0.772. The van der Waals surface area contributed by atoms with Gasteiger partial charge in [0.05, 0.1) is 25.4 Å². The Balaban J connectivity index is 0.00000139. The van der Waals surface area contributed by atoms with Crippen LogP contribution in [0.1, 0.15) is 70.8 Å². The molecule has 136 valence electrons. The molecule has 1 amide bonds. The predicted octanol–water partition coefficient (Wildman–Crippen LogP) is 3.40. The number of carbonyl (C=O) groups is 2. The van der Waals surface area contributed by atoms with Crippen molar-refractivity contribution in [1.29, 1.82) is 0 Å². The zero-order chi connectivity index (χ0) is 18.5. The Bertz CT molecular complexity index is 575. The van der Waals surface area contributed by atoms with Crippen molar-refractivity contribution >= 4 is 12.1 Å². The number of nitrogens with zero attached hydrogens (tertiary/aromatic N) is 3. The van der Waals surface area contributed by atoms with Gasteiger partial charge in [0.25, 0.3) is 0 Å². The van der Waals surface area contributed by atoms with E-state index in [0.717, 1.165) is 0 Å². The standard InChI is InChI=1S/C15H23N3O4.C2H6/c1-6-21-13(19)11-7-16-12-9-17(8-10(2)18(11)12)14(20)22-15(3,4)5;1-2/h7,10H,6,8-9H2,1-5H3;1-2H3. The average molecular weight is 339 g/mol. The Morgan fingerprint density at radius 1 is 1.33 bits per heavy atom. The molecule has 0 saturated heterocycles. The van der Waals surface area contributed by atoms with Crippen molar-refractivity contribution in [2.24, 2.45) is 0 Å². The maximum Gasteiger partial charge on any atom is 0.410 e. The first-order valence-corrected chi connectivity index (χ1v) is 8.44. The van der Waals surface area contributed by atoms with Crippen molar-refractivity contribution in [3.8, 4) is 0 Å². The molecular weight excluding hydrogens is 310 g/mol. The van der Waals surface area contributed by atoms with E-state index in [2.05, 4.69) is 4.98 Å². The van der Waals surface area contributed by atoms with E-state index in [-0.39, 0.29) is 18.1 Å². The number of aromatic nitrogens is 2. The fourth-order valence-electron chi connectivity index (χ4n) is 2.47. The van der Waals surface area contributed by atoms with Crippen LogP contribution in [0.5, 0.6) is 0 Å². The van der Waals surface area contributed by atoms with Gasteiger partial charge in [-0.25, -0.2) is 14.6 Å². The van der Waals surface area contributed by atoms with Gasteiger partial charge in [-0.15, -0.1) is 0 Å². The summed E-state index contributed by atoms with van der Waals surface area (Å²) < 4.78 is 12.3. The zero-order valence-corrected chi connectivity index (χ0v) is 15.8. The summed E-state index contributed by atoms with van der Waals surface area (Å²) in [5.74, 6) is 0.270. The second kappa shape index (κ2) is 8.17. The van der Waals surface area contributed by atoms with Gasteiger partial charge < -0.3 is 14.0 Å². The molecule has 2 heterocycles. The topological polar surface area (TPSA) is 73.7 Å².